The minimum Gasteiger partial charge on any atom is -0.468 e. The SMILES string of the molecule is COC(=O)C1(NC2CC2)CCCC1CCOC1CCOC1. The molecule has 0 bridgehead atoms. The van der Waals surface area contributed by atoms with Crippen LogP contribution in [0, 0.1) is 5.92 Å². The van der Waals surface area contributed by atoms with Gasteiger partial charge in [0, 0.05) is 19.3 Å². The molecule has 0 spiro atoms. The maximum Gasteiger partial charge on any atom is 0.326 e. The lowest BCUT2D eigenvalue weighted by Crippen LogP contribution is -2.56. The average molecular weight is 297 g/mol. The first-order valence-electron chi connectivity index (χ1n) is 8.30. The third kappa shape index (κ3) is 3.41. The Balaban J connectivity index is 1.56. The summed E-state index contributed by atoms with van der Waals surface area (Å²) in [6, 6.07) is 0.508. The molecule has 0 amide bonds. The number of carbonyl (C=O) groups is 1. The predicted octanol–water partition coefficient (Wildman–Crippen LogP) is 1.65. The standard InChI is InChI=1S/C16H27NO4/c1-19-15(18)16(17-13-4-5-13)8-2-3-12(16)6-10-21-14-7-9-20-11-14/h12-14,17H,2-11H2,1H3. The Kier molecular flexibility index (Phi) is 4.82. The van der Waals surface area contributed by atoms with Gasteiger partial charge in [0.2, 0.25) is 0 Å². The lowest BCUT2D eigenvalue weighted by molar-refractivity contribution is -0.151. The highest BCUT2D eigenvalue weighted by atomic mass is 16.5. The summed E-state index contributed by atoms with van der Waals surface area (Å²) in [5.41, 5.74) is -0.467. The van der Waals surface area contributed by atoms with Crippen molar-refractivity contribution in [3.05, 3.63) is 0 Å². The van der Waals surface area contributed by atoms with Gasteiger partial charge in [-0.3, -0.25) is 10.1 Å². The molecular formula is C16H27NO4. The van der Waals surface area contributed by atoms with Crippen LogP contribution in [0.5, 0.6) is 0 Å². The second kappa shape index (κ2) is 6.63. The lowest BCUT2D eigenvalue weighted by Gasteiger charge is -2.34. The summed E-state index contributed by atoms with van der Waals surface area (Å²) in [5, 5.41) is 3.59. The summed E-state index contributed by atoms with van der Waals surface area (Å²) in [6.07, 6.45) is 7.59. The molecule has 3 unspecified atom stereocenters. The smallest absolute Gasteiger partial charge is 0.326 e. The van der Waals surface area contributed by atoms with E-state index in [4.69, 9.17) is 14.2 Å². The van der Waals surface area contributed by atoms with E-state index in [-0.39, 0.29) is 12.1 Å². The van der Waals surface area contributed by atoms with Crippen LogP contribution in [0.15, 0.2) is 0 Å². The molecule has 0 radical (unpaired) electrons. The number of nitrogens with one attached hydrogen (secondary N) is 1. The van der Waals surface area contributed by atoms with Gasteiger partial charge in [-0.05, 0) is 44.4 Å². The Morgan fingerprint density at radius 2 is 2.19 bits per heavy atom. The van der Waals surface area contributed by atoms with Gasteiger partial charge in [0.15, 0.2) is 0 Å². The first-order chi connectivity index (χ1) is 10.2. The molecule has 3 fully saturated rings. The van der Waals surface area contributed by atoms with Crippen LogP contribution >= 0.6 is 0 Å². The number of esters is 1. The summed E-state index contributed by atoms with van der Waals surface area (Å²) in [7, 11) is 1.50. The van der Waals surface area contributed by atoms with Gasteiger partial charge in [-0.1, -0.05) is 6.42 Å². The monoisotopic (exact) mass is 297 g/mol. The fraction of sp³-hybridized carbons (Fsp3) is 0.938. The second-order valence-electron chi connectivity index (χ2n) is 6.62. The van der Waals surface area contributed by atoms with Crippen LogP contribution in [0.1, 0.15) is 44.9 Å². The van der Waals surface area contributed by atoms with E-state index in [1.54, 1.807) is 0 Å². The highest BCUT2D eigenvalue weighted by molar-refractivity contribution is 5.81. The zero-order chi connectivity index (χ0) is 14.7. The third-order valence-electron chi connectivity index (χ3n) is 5.12. The highest BCUT2D eigenvalue weighted by Crippen LogP contribution is 2.41. The van der Waals surface area contributed by atoms with E-state index in [0.29, 0.717) is 25.2 Å². The fourth-order valence-corrected chi connectivity index (χ4v) is 3.78. The van der Waals surface area contributed by atoms with Crippen molar-refractivity contribution in [2.24, 2.45) is 5.92 Å². The van der Waals surface area contributed by atoms with Gasteiger partial charge in [0.05, 0.1) is 19.8 Å². The van der Waals surface area contributed by atoms with Crippen molar-refractivity contribution < 1.29 is 19.0 Å². The number of hydrogen-bond donors (Lipinski definition) is 1. The van der Waals surface area contributed by atoms with Crippen molar-refractivity contribution in [1.82, 2.24) is 5.32 Å². The van der Waals surface area contributed by atoms with Crippen LogP contribution in [0.3, 0.4) is 0 Å². The average Bonchev–Trinajstić information content (AvgIpc) is 2.99. The Morgan fingerprint density at radius 1 is 1.33 bits per heavy atom. The Bertz CT molecular complexity index is 365. The Morgan fingerprint density at radius 3 is 2.86 bits per heavy atom. The van der Waals surface area contributed by atoms with E-state index in [1.807, 2.05) is 0 Å². The molecule has 5 heteroatoms. The summed E-state index contributed by atoms with van der Waals surface area (Å²) >= 11 is 0. The Labute approximate surface area is 126 Å². The molecule has 1 heterocycles. The fourth-order valence-electron chi connectivity index (χ4n) is 3.78. The van der Waals surface area contributed by atoms with Gasteiger partial charge >= 0.3 is 5.97 Å². The molecule has 1 N–H and O–H groups in total. The maximum absolute atomic E-state index is 12.4. The van der Waals surface area contributed by atoms with E-state index in [2.05, 4.69) is 5.32 Å². The van der Waals surface area contributed by atoms with Gasteiger partial charge in [0.25, 0.3) is 0 Å². The lowest BCUT2D eigenvalue weighted by atomic mass is 9.84. The van der Waals surface area contributed by atoms with E-state index in [9.17, 15) is 4.79 Å². The topological polar surface area (TPSA) is 56.8 Å². The van der Waals surface area contributed by atoms with Crippen molar-refractivity contribution in [2.45, 2.75) is 62.6 Å². The zero-order valence-corrected chi connectivity index (χ0v) is 12.9. The van der Waals surface area contributed by atoms with Crippen molar-refractivity contribution in [3.8, 4) is 0 Å². The van der Waals surface area contributed by atoms with Gasteiger partial charge < -0.3 is 14.2 Å². The van der Waals surface area contributed by atoms with Crippen molar-refractivity contribution in [1.29, 1.82) is 0 Å². The van der Waals surface area contributed by atoms with Crippen LogP contribution in [0.4, 0.5) is 0 Å². The van der Waals surface area contributed by atoms with Gasteiger partial charge in [0.1, 0.15) is 5.54 Å². The number of methoxy groups -OCH3 is 1. The second-order valence-corrected chi connectivity index (χ2v) is 6.62. The third-order valence-corrected chi connectivity index (χ3v) is 5.12. The number of hydrogen-bond acceptors (Lipinski definition) is 5. The van der Waals surface area contributed by atoms with Crippen molar-refractivity contribution >= 4 is 5.97 Å². The maximum atomic E-state index is 12.4. The van der Waals surface area contributed by atoms with Crippen LogP contribution in [-0.2, 0) is 19.0 Å². The molecule has 1 saturated heterocycles. The molecule has 3 atom stereocenters. The van der Waals surface area contributed by atoms with E-state index < -0.39 is 5.54 Å². The van der Waals surface area contributed by atoms with Crippen LogP contribution in [-0.4, -0.2) is 50.6 Å². The molecule has 0 aromatic rings. The van der Waals surface area contributed by atoms with Gasteiger partial charge in [-0.15, -0.1) is 0 Å². The number of rotatable bonds is 7. The quantitative estimate of drug-likeness (QED) is 0.724. The minimum atomic E-state index is -0.467. The van der Waals surface area contributed by atoms with Gasteiger partial charge in [-0.2, -0.15) is 0 Å². The highest BCUT2D eigenvalue weighted by Gasteiger charge is 2.51. The molecule has 3 aliphatic rings. The molecule has 2 saturated carbocycles. The van der Waals surface area contributed by atoms with E-state index in [0.717, 1.165) is 38.7 Å². The van der Waals surface area contributed by atoms with Crippen LogP contribution in [0.2, 0.25) is 0 Å². The summed E-state index contributed by atoms with van der Waals surface area (Å²) in [5.74, 6) is 0.244. The largest absolute Gasteiger partial charge is 0.468 e. The molecule has 0 aromatic heterocycles. The normalized spacial score (nSPS) is 36.0. The minimum absolute atomic E-state index is 0.0823. The molecule has 120 valence electrons. The first-order valence-corrected chi connectivity index (χ1v) is 8.30. The van der Waals surface area contributed by atoms with E-state index >= 15 is 0 Å². The molecule has 2 aliphatic carbocycles. The van der Waals surface area contributed by atoms with E-state index in [1.165, 1.54) is 20.0 Å². The van der Waals surface area contributed by atoms with Crippen molar-refractivity contribution in [3.63, 3.8) is 0 Å². The molecule has 3 rings (SSSR count). The molecule has 1 aliphatic heterocycles. The van der Waals surface area contributed by atoms with Gasteiger partial charge in [-0.25, -0.2) is 0 Å². The summed E-state index contributed by atoms with van der Waals surface area (Å²) in [4.78, 5) is 12.4. The predicted molar refractivity (Wildman–Crippen MR) is 78.0 cm³/mol. The molecule has 5 nitrogen and oxygen atoms in total. The number of ether oxygens (including phenoxy) is 3. The molecular weight excluding hydrogens is 270 g/mol. The Hall–Kier alpha value is -0.650. The first kappa shape index (κ1) is 15.3. The molecule has 21 heavy (non-hydrogen) atoms. The van der Waals surface area contributed by atoms with Crippen LogP contribution < -0.4 is 5.32 Å². The zero-order valence-electron chi connectivity index (χ0n) is 12.9. The van der Waals surface area contributed by atoms with Crippen LogP contribution in [0.25, 0.3) is 0 Å². The summed E-state index contributed by atoms with van der Waals surface area (Å²) in [6.45, 7) is 2.24. The number of carbonyl (C=O) groups excluding carboxylic acids is 1. The summed E-state index contributed by atoms with van der Waals surface area (Å²) < 4.78 is 16.3. The van der Waals surface area contributed by atoms with Crippen molar-refractivity contribution in [2.75, 3.05) is 26.9 Å². The molecule has 0 aromatic carbocycles.